The lowest BCUT2D eigenvalue weighted by Crippen LogP contribution is -2.15. The number of hydrogen-bond donors (Lipinski definition) is 1. The van der Waals surface area contributed by atoms with Gasteiger partial charge in [-0.15, -0.1) is 0 Å². The zero-order chi connectivity index (χ0) is 8.27. The number of pyridine rings is 1. The van der Waals surface area contributed by atoms with E-state index in [-0.39, 0.29) is 5.56 Å². The molecule has 0 bridgehead atoms. The molecule has 0 fully saturated rings. The largest absolute Gasteiger partial charge is 0.569 e. The summed E-state index contributed by atoms with van der Waals surface area (Å²) in [7, 11) is 2.17. The summed E-state index contributed by atoms with van der Waals surface area (Å²) in [6.45, 7) is 0. The van der Waals surface area contributed by atoms with Crippen LogP contribution in [0.25, 0.3) is 0 Å². The van der Waals surface area contributed by atoms with E-state index in [4.69, 9.17) is 5.02 Å². The third kappa shape index (κ3) is 1.85. The second-order valence-corrected chi connectivity index (χ2v) is 2.03. The van der Waals surface area contributed by atoms with Crippen molar-refractivity contribution < 1.29 is 9.68 Å². The van der Waals surface area contributed by atoms with Crippen molar-refractivity contribution in [2.24, 2.45) is 7.05 Å². The van der Waals surface area contributed by atoms with Gasteiger partial charge in [-0.1, -0.05) is 0 Å². The van der Waals surface area contributed by atoms with Crippen LogP contribution in [0.4, 0.5) is 0 Å². The molecule has 5 heteroatoms. The van der Waals surface area contributed by atoms with Gasteiger partial charge in [0.2, 0.25) is 0 Å². The van der Waals surface area contributed by atoms with Crippen LogP contribution >= 0.6 is 0 Å². The van der Waals surface area contributed by atoms with E-state index in [0.29, 0.717) is 13.4 Å². The minimum Gasteiger partial charge on any atom is -0.537 e. The van der Waals surface area contributed by atoms with E-state index < -0.39 is 0 Å². The van der Waals surface area contributed by atoms with E-state index in [1.165, 1.54) is 10.6 Å². The Morgan fingerprint density at radius 1 is 1.73 bits per heavy atom. The van der Waals surface area contributed by atoms with Crippen molar-refractivity contribution in [3.05, 3.63) is 28.7 Å². The molecule has 1 aromatic heterocycles. The number of aromatic nitrogens is 1. The number of aryl methyl sites for hydroxylation is 1. The van der Waals surface area contributed by atoms with Gasteiger partial charge in [0, 0.05) is 19.3 Å². The Hall–Kier alpha value is -1.23. The van der Waals surface area contributed by atoms with Gasteiger partial charge in [0.05, 0.1) is 0 Å². The Kier molecular flexibility index (Phi) is 2.33. The molecule has 0 saturated carbocycles. The van der Waals surface area contributed by atoms with Crippen LogP contribution in [-0.2, 0) is 7.05 Å². The van der Waals surface area contributed by atoms with Crippen LogP contribution in [0, 0.1) is 0 Å². The number of rotatable bonds is 2. The molecule has 1 heterocycles. The van der Waals surface area contributed by atoms with Gasteiger partial charge in [-0.2, -0.15) is 0 Å². The van der Waals surface area contributed by atoms with Crippen molar-refractivity contribution in [3.8, 4) is 5.75 Å². The van der Waals surface area contributed by atoms with Crippen molar-refractivity contribution in [1.82, 2.24) is 4.57 Å². The second kappa shape index (κ2) is 3.25. The van der Waals surface area contributed by atoms with Gasteiger partial charge in [0.15, 0.2) is 0 Å². The van der Waals surface area contributed by atoms with E-state index in [1.807, 2.05) is 0 Å². The number of hydrogen-bond acceptors (Lipinski definition) is 3. The van der Waals surface area contributed by atoms with Crippen LogP contribution in [0.15, 0.2) is 23.1 Å². The molecule has 0 unspecified atom stereocenters. The average Bonchev–Trinajstić information content (AvgIpc) is 1.98. The van der Waals surface area contributed by atoms with Crippen LogP contribution in [0.5, 0.6) is 5.75 Å². The first-order valence-corrected chi connectivity index (χ1v) is 3.03. The van der Waals surface area contributed by atoms with Crippen molar-refractivity contribution >= 4 is 7.69 Å². The van der Waals surface area contributed by atoms with Crippen molar-refractivity contribution in [3.63, 3.8) is 0 Å². The van der Waals surface area contributed by atoms with Gasteiger partial charge < -0.3 is 14.2 Å². The van der Waals surface area contributed by atoms with Gasteiger partial charge in [-0.25, -0.2) is 0 Å². The van der Waals surface area contributed by atoms with Crippen molar-refractivity contribution in [2.45, 2.75) is 0 Å². The summed E-state index contributed by atoms with van der Waals surface area (Å²) < 4.78 is 5.97. The fraction of sp³-hybridized carbons (Fsp3) is 0.167. The molecule has 1 rings (SSSR count). The molecule has 1 radical (unpaired) electrons. The van der Waals surface area contributed by atoms with Crippen LogP contribution < -0.4 is 10.2 Å². The zero-order valence-electron chi connectivity index (χ0n) is 6.02. The minimum atomic E-state index is -0.177. The summed E-state index contributed by atoms with van der Waals surface area (Å²) in [5.41, 5.74) is -0.177. The molecule has 4 nitrogen and oxygen atoms in total. The Labute approximate surface area is 64.4 Å². The molecule has 0 atom stereocenters. The summed E-state index contributed by atoms with van der Waals surface area (Å²) in [4.78, 5) is 10.9. The van der Waals surface area contributed by atoms with Gasteiger partial charge in [0.25, 0.3) is 5.56 Å². The van der Waals surface area contributed by atoms with Crippen LogP contribution in [0.2, 0.25) is 0 Å². The minimum absolute atomic E-state index is 0.177. The third-order valence-electron chi connectivity index (χ3n) is 1.26. The maximum atomic E-state index is 10.9. The molecule has 0 aliphatic rings. The van der Waals surface area contributed by atoms with Gasteiger partial charge in [-0.05, 0) is 6.07 Å². The Bertz CT molecular complexity index is 296. The summed E-state index contributed by atoms with van der Waals surface area (Å²) in [6.07, 6.45) is 1.56. The number of nitrogens with zero attached hydrogens (tertiary/aromatic N) is 1. The van der Waals surface area contributed by atoms with E-state index in [2.05, 4.69) is 4.65 Å². The van der Waals surface area contributed by atoms with Crippen LogP contribution in [-0.4, -0.2) is 17.3 Å². The first kappa shape index (κ1) is 7.88. The van der Waals surface area contributed by atoms with Gasteiger partial charge in [0.1, 0.15) is 5.75 Å². The highest BCUT2D eigenvalue weighted by Gasteiger charge is 1.95. The highest BCUT2D eigenvalue weighted by molar-refractivity contribution is 6.17. The standard InChI is InChI=1S/C6H7BNO3/c1-8-3-2-5(11-7-10)4-6(8)9/h2-4,10H,1H3. The molecule has 0 saturated heterocycles. The normalized spacial score (nSPS) is 9.27. The van der Waals surface area contributed by atoms with E-state index in [1.54, 1.807) is 19.3 Å². The van der Waals surface area contributed by atoms with E-state index >= 15 is 0 Å². The topological polar surface area (TPSA) is 51.5 Å². The van der Waals surface area contributed by atoms with Crippen molar-refractivity contribution in [2.75, 3.05) is 0 Å². The molecule has 57 valence electrons. The average molecular weight is 152 g/mol. The fourth-order valence-corrected chi connectivity index (χ4v) is 0.665. The first-order chi connectivity index (χ1) is 5.24. The lowest BCUT2D eigenvalue weighted by molar-refractivity contribution is 0.452. The molecule has 0 aliphatic heterocycles. The molecule has 0 aliphatic carbocycles. The Balaban J connectivity index is 2.96. The highest BCUT2D eigenvalue weighted by Crippen LogP contribution is 2.02. The Morgan fingerprint density at radius 2 is 2.45 bits per heavy atom. The zero-order valence-corrected chi connectivity index (χ0v) is 6.02. The lowest BCUT2D eigenvalue weighted by Gasteiger charge is -2.00. The molecule has 0 amide bonds. The summed E-state index contributed by atoms with van der Waals surface area (Å²) in [5, 5.41) is 8.22. The summed E-state index contributed by atoms with van der Waals surface area (Å²) in [6, 6.07) is 2.86. The molecule has 1 N–H and O–H groups in total. The predicted molar refractivity (Wildman–Crippen MR) is 40.3 cm³/mol. The SMILES string of the molecule is Cn1ccc(O[B]O)cc1=O. The molecule has 0 aromatic carbocycles. The first-order valence-electron chi connectivity index (χ1n) is 3.03. The maximum absolute atomic E-state index is 10.9. The van der Waals surface area contributed by atoms with Crippen LogP contribution in [0.1, 0.15) is 0 Å². The third-order valence-corrected chi connectivity index (χ3v) is 1.26. The summed E-state index contributed by atoms with van der Waals surface area (Å²) in [5.74, 6) is 0.329. The maximum Gasteiger partial charge on any atom is 0.569 e. The lowest BCUT2D eigenvalue weighted by atomic mass is 10.3. The van der Waals surface area contributed by atoms with E-state index in [0.717, 1.165) is 0 Å². The highest BCUT2D eigenvalue weighted by atomic mass is 16.5. The van der Waals surface area contributed by atoms with Crippen molar-refractivity contribution in [1.29, 1.82) is 0 Å². The molecule has 1 aromatic rings. The summed E-state index contributed by atoms with van der Waals surface area (Å²) >= 11 is 0. The quantitative estimate of drug-likeness (QED) is 0.569. The van der Waals surface area contributed by atoms with Gasteiger partial charge in [-0.3, -0.25) is 4.79 Å². The molecule has 0 spiro atoms. The predicted octanol–water partition coefficient (Wildman–Crippen LogP) is -0.709. The molecule has 11 heavy (non-hydrogen) atoms. The smallest absolute Gasteiger partial charge is 0.537 e. The van der Waals surface area contributed by atoms with E-state index in [9.17, 15) is 4.79 Å². The second-order valence-electron chi connectivity index (χ2n) is 2.03. The van der Waals surface area contributed by atoms with Crippen LogP contribution in [0.3, 0.4) is 0 Å². The Morgan fingerprint density at radius 3 is 3.00 bits per heavy atom. The van der Waals surface area contributed by atoms with Gasteiger partial charge >= 0.3 is 7.69 Å². The molecular formula is C6H7BNO3. The fourth-order valence-electron chi connectivity index (χ4n) is 0.665. The monoisotopic (exact) mass is 152 g/mol. The molecular weight excluding hydrogens is 145 g/mol.